The molecule has 0 radical (unpaired) electrons. The van der Waals surface area contributed by atoms with Gasteiger partial charge in [0.1, 0.15) is 5.54 Å². The first-order valence-electron chi connectivity index (χ1n) is 10.5. The minimum absolute atomic E-state index is 0.00163. The summed E-state index contributed by atoms with van der Waals surface area (Å²) in [7, 11) is 0. The summed E-state index contributed by atoms with van der Waals surface area (Å²) in [4.78, 5) is 41.8. The number of rotatable bonds is 8. The van der Waals surface area contributed by atoms with Crippen molar-refractivity contribution in [3.63, 3.8) is 0 Å². The Labute approximate surface area is 195 Å². The maximum Gasteiger partial charge on any atom is 0.344 e. The van der Waals surface area contributed by atoms with Crippen LogP contribution in [0.4, 0.5) is 4.79 Å². The Morgan fingerprint density at radius 2 is 1.85 bits per heavy atom. The van der Waals surface area contributed by atoms with Crippen LogP contribution < -0.4 is 10.7 Å². The van der Waals surface area contributed by atoms with Crippen molar-refractivity contribution >= 4 is 29.4 Å². The van der Waals surface area contributed by atoms with E-state index >= 15 is 0 Å². The van der Waals surface area contributed by atoms with Crippen LogP contribution in [0.2, 0.25) is 5.02 Å². The van der Waals surface area contributed by atoms with Crippen LogP contribution in [0.25, 0.3) is 11.3 Å². The van der Waals surface area contributed by atoms with Gasteiger partial charge in [0.25, 0.3) is 5.91 Å². The van der Waals surface area contributed by atoms with E-state index in [4.69, 9.17) is 16.0 Å². The van der Waals surface area contributed by atoms with Crippen LogP contribution in [0.1, 0.15) is 31.2 Å². The van der Waals surface area contributed by atoms with E-state index in [-0.39, 0.29) is 12.8 Å². The summed E-state index contributed by atoms with van der Waals surface area (Å²) < 4.78 is 5.69. The Bertz CT molecular complexity index is 1160. The molecule has 4 rings (SSSR count). The summed E-state index contributed by atoms with van der Waals surface area (Å²) in [6, 6.07) is 16.2. The first-order valence-corrected chi connectivity index (χ1v) is 10.9. The number of carbonyl (C=O) groups excluding carboxylic acids is 3. The Hall–Kier alpha value is -3.65. The minimum atomic E-state index is -1.09. The van der Waals surface area contributed by atoms with E-state index in [1.165, 1.54) is 0 Å². The molecule has 0 spiro atoms. The maximum absolute atomic E-state index is 12.8. The van der Waals surface area contributed by atoms with Gasteiger partial charge in [0, 0.05) is 23.4 Å². The lowest BCUT2D eigenvalue weighted by Crippen LogP contribution is -2.49. The van der Waals surface area contributed by atoms with Crippen molar-refractivity contribution < 1.29 is 18.8 Å². The molecule has 1 aliphatic rings. The van der Waals surface area contributed by atoms with Gasteiger partial charge >= 0.3 is 6.03 Å². The van der Waals surface area contributed by atoms with Gasteiger partial charge in [-0.15, -0.1) is 0 Å². The highest BCUT2D eigenvalue weighted by Crippen LogP contribution is 2.24. The van der Waals surface area contributed by atoms with Crippen LogP contribution in [0, 0.1) is 0 Å². The average Bonchev–Trinajstić information content (AvgIpc) is 3.37. The van der Waals surface area contributed by atoms with E-state index < -0.39 is 23.4 Å². The molecule has 3 aromatic rings. The van der Waals surface area contributed by atoms with Gasteiger partial charge in [0.2, 0.25) is 5.91 Å². The zero-order valence-corrected chi connectivity index (χ0v) is 18.8. The van der Waals surface area contributed by atoms with Gasteiger partial charge in [-0.25, -0.2) is 9.78 Å². The van der Waals surface area contributed by atoms with Gasteiger partial charge in [-0.2, -0.15) is 5.01 Å². The normalized spacial score (nSPS) is 17.8. The second-order valence-corrected chi connectivity index (χ2v) is 8.48. The summed E-state index contributed by atoms with van der Waals surface area (Å²) in [5.74, 6) is -0.0414. The van der Waals surface area contributed by atoms with Crippen LogP contribution in [0.3, 0.4) is 0 Å². The van der Waals surface area contributed by atoms with Crippen LogP contribution in [-0.2, 0) is 22.4 Å². The quantitative estimate of drug-likeness (QED) is 0.490. The number of urea groups is 1. The molecule has 170 valence electrons. The number of carbonyl (C=O) groups is 3. The fraction of sp³-hybridized carbons (Fsp3) is 0.250. The van der Waals surface area contributed by atoms with Crippen LogP contribution in [0.15, 0.2) is 65.2 Å². The van der Waals surface area contributed by atoms with Gasteiger partial charge in [-0.3, -0.25) is 15.0 Å². The molecular weight excluding hydrogens is 444 g/mol. The molecule has 0 bridgehead atoms. The van der Waals surface area contributed by atoms with E-state index in [9.17, 15) is 14.4 Å². The molecule has 1 aromatic heterocycles. The molecule has 1 atom stereocenters. The van der Waals surface area contributed by atoms with Crippen molar-refractivity contribution in [2.24, 2.45) is 0 Å². The lowest BCUT2D eigenvalue weighted by atomic mass is 9.93. The van der Waals surface area contributed by atoms with Crippen molar-refractivity contribution in [3.05, 3.63) is 77.3 Å². The number of hydrogen-bond donors (Lipinski definition) is 2. The van der Waals surface area contributed by atoms with Crippen molar-refractivity contribution in [2.75, 3.05) is 0 Å². The molecule has 2 N–H and O–H groups in total. The van der Waals surface area contributed by atoms with Crippen LogP contribution >= 0.6 is 11.6 Å². The van der Waals surface area contributed by atoms with Gasteiger partial charge in [0.15, 0.2) is 11.7 Å². The SMILES string of the molecule is CC1(CCc2ccccc2)NC(=O)N(NC(=O)CCc2ncc(-c3ccc(Cl)cc3)o2)C1=O. The molecule has 1 aliphatic heterocycles. The lowest BCUT2D eigenvalue weighted by Gasteiger charge is -2.21. The summed E-state index contributed by atoms with van der Waals surface area (Å²) >= 11 is 5.90. The Morgan fingerprint density at radius 1 is 1.12 bits per heavy atom. The molecule has 0 aliphatic carbocycles. The summed E-state index contributed by atoms with van der Waals surface area (Å²) in [5.41, 5.74) is 3.19. The van der Waals surface area contributed by atoms with E-state index in [2.05, 4.69) is 15.7 Å². The first-order chi connectivity index (χ1) is 15.8. The first kappa shape index (κ1) is 22.5. The predicted molar refractivity (Wildman–Crippen MR) is 122 cm³/mol. The molecule has 33 heavy (non-hydrogen) atoms. The van der Waals surface area contributed by atoms with E-state index in [0.717, 1.165) is 16.1 Å². The third-order valence-corrected chi connectivity index (χ3v) is 5.75. The molecule has 1 saturated heterocycles. The number of aromatic nitrogens is 1. The highest BCUT2D eigenvalue weighted by molar-refractivity contribution is 6.30. The third-order valence-electron chi connectivity index (χ3n) is 5.50. The topological polar surface area (TPSA) is 105 Å². The number of aryl methyl sites for hydroxylation is 2. The van der Waals surface area contributed by atoms with Crippen molar-refractivity contribution in [1.29, 1.82) is 0 Å². The summed E-state index contributed by atoms with van der Waals surface area (Å²) in [5, 5.41) is 4.06. The van der Waals surface area contributed by atoms with E-state index in [0.29, 0.717) is 29.5 Å². The predicted octanol–water partition coefficient (Wildman–Crippen LogP) is 3.90. The fourth-order valence-corrected chi connectivity index (χ4v) is 3.69. The summed E-state index contributed by atoms with van der Waals surface area (Å²) in [6.45, 7) is 1.66. The molecule has 8 nitrogen and oxygen atoms in total. The number of nitrogens with zero attached hydrogens (tertiary/aromatic N) is 2. The Balaban J connectivity index is 1.30. The zero-order chi connectivity index (χ0) is 23.4. The Kier molecular flexibility index (Phi) is 6.46. The van der Waals surface area contributed by atoms with Gasteiger partial charge in [0.05, 0.1) is 6.20 Å². The number of amides is 4. The minimum Gasteiger partial charge on any atom is -0.441 e. The number of oxazole rings is 1. The van der Waals surface area contributed by atoms with E-state index in [1.807, 2.05) is 42.5 Å². The smallest absolute Gasteiger partial charge is 0.344 e. The largest absolute Gasteiger partial charge is 0.441 e. The van der Waals surface area contributed by atoms with Crippen molar-refractivity contribution in [3.8, 4) is 11.3 Å². The van der Waals surface area contributed by atoms with Gasteiger partial charge in [-0.1, -0.05) is 41.9 Å². The fourth-order valence-electron chi connectivity index (χ4n) is 3.57. The lowest BCUT2D eigenvalue weighted by molar-refractivity contribution is -0.138. The third kappa shape index (κ3) is 5.23. The van der Waals surface area contributed by atoms with Crippen molar-refractivity contribution in [1.82, 2.24) is 20.7 Å². The Morgan fingerprint density at radius 3 is 2.58 bits per heavy atom. The number of hydrazine groups is 1. The number of hydrogen-bond acceptors (Lipinski definition) is 5. The zero-order valence-electron chi connectivity index (χ0n) is 18.0. The highest BCUT2D eigenvalue weighted by atomic mass is 35.5. The molecular formula is C24H23ClN4O4. The number of halogens is 1. The molecule has 2 heterocycles. The van der Waals surface area contributed by atoms with E-state index in [1.54, 1.807) is 25.3 Å². The monoisotopic (exact) mass is 466 g/mol. The molecule has 2 aromatic carbocycles. The average molecular weight is 467 g/mol. The van der Waals surface area contributed by atoms with Gasteiger partial charge < -0.3 is 9.73 Å². The second-order valence-electron chi connectivity index (χ2n) is 8.05. The molecule has 9 heteroatoms. The molecule has 0 saturated carbocycles. The molecule has 4 amide bonds. The summed E-state index contributed by atoms with van der Waals surface area (Å²) in [6.07, 6.45) is 2.82. The van der Waals surface area contributed by atoms with Crippen LogP contribution in [-0.4, -0.2) is 33.4 Å². The molecule has 1 fully saturated rings. The van der Waals surface area contributed by atoms with Crippen molar-refractivity contribution in [2.45, 2.75) is 38.1 Å². The number of nitrogens with one attached hydrogen (secondary N) is 2. The number of imide groups is 1. The van der Waals surface area contributed by atoms with Gasteiger partial charge in [-0.05, 0) is 49.6 Å². The van der Waals surface area contributed by atoms with Crippen LogP contribution in [0.5, 0.6) is 0 Å². The second kappa shape index (κ2) is 9.46. The maximum atomic E-state index is 12.8. The highest BCUT2D eigenvalue weighted by Gasteiger charge is 2.48. The molecule has 1 unspecified atom stereocenters. The standard InChI is InChI=1S/C24H23ClN4O4/c1-24(14-13-16-5-3-2-4-6-16)22(31)29(23(32)27-24)28-20(30)11-12-21-26-15-19(33-21)17-7-9-18(25)10-8-17/h2-10,15H,11-14H2,1H3,(H,27,32)(H,28,30). The number of benzene rings is 2.